The number of nitrogens with two attached hydrogens (primary N) is 2. The molecule has 0 bridgehead atoms. The monoisotopic (exact) mass is 226 g/mol. The van der Waals surface area contributed by atoms with E-state index in [1.807, 2.05) is 0 Å². The maximum Gasteiger partial charge on any atom is 0.356 e. The fourth-order valence-electron chi connectivity index (χ4n) is 0.916. The Morgan fingerprint density at radius 3 is 2.14 bits per heavy atom. The van der Waals surface area contributed by atoms with Crippen molar-refractivity contribution in [1.29, 1.82) is 0 Å². The van der Waals surface area contributed by atoms with E-state index in [2.05, 4.69) is 0 Å². The predicted molar refractivity (Wildman–Crippen MR) is 49.5 cm³/mol. The number of rotatable bonds is 6. The predicted octanol–water partition coefficient (Wildman–Crippen LogP) is -0.967. The molecule has 0 aromatic carbocycles. The summed E-state index contributed by atoms with van der Waals surface area (Å²) in [6.07, 6.45) is 0.459. The minimum Gasteiger partial charge on any atom is -0.479 e. The minimum atomic E-state index is -4.85. The Morgan fingerprint density at radius 1 is 1.36 bits per heavy atom. The van der Waals surface area contributed by atoms with Gasteiger partial charge in [-0.3, -0.25) is 4.57 Å². The lowest BCUT2D eigenvalue weighted by atomic mass is 10.1. The largest absolute Gasteiger partial charge is 0.479 e. The molecule has 0 aromatic heterocycles. The standard InChI is InChI=1S/C6H15N2O5P/c7-4-2-1-3-6(8,5(9)10)14(11,12)13/h1-4,7-8H2,(H,9,10)(H2,11,12,13)/t6-/m1/s1. The Bertz CT molecular complexity index is 253. The number of carbonyl (C=O) groups is 1. The van der Waals surface area contributed by atoms with Gasteiger partial charge in [0.1, 0.15) is 0 Å². The van der Waals surface area contributed by atoms with Gasteiger partial charge in [-0.15, -0.1) is 0 Å². The quantitative estimate of drug-likeness (QED) is 0.289. The minimum absolute atomic E-state index is 0.268. The van der Waals surface area contributed by atoms with Crippen LogP contribution in [-0.4, -0.2) is 32.7 Å². The molecule has 8 heteroatoms. The number of unbranched alkanes of at least 4 members (excludes halogenated alkanes) is 1. The molecule has 0 spiro atoms. The van der Waals surface area contributed by atoms with Crippen LogP contribution in [0.4, 0.5) is 0 Å². The van der Waals surface area contributed by atoms with Gasteiger partial charge in [0.15, 0.2) is 0 Å². The molecule has 7 N–H and O–H groups in total. The summed E-state index contributed by atoms with van der Waals surface area (Å²) >= 11 is 0. The summed E-state index contributed by atoms with van der Waals surface area (Å²) in [5.74, 6) is -1.69. The second-order valence-corrected chi connectivity index (χ2v) is 4.91. The maximum atomic E-state index is 10.8. The molecule has 1 atom stereocenters. The van der Waals surface area contributed by atoms with Gasteiger partial charge in [0.05, 0.1) is 0 Å². The summed E-state index contributed by atoms with van der Waals surface area (Å²) in [6.45, 7) is 0.330. The van der Waals surface area contributed by atoms with Gasteiger partial charge in [0.25, 0.3) is 0 Å². The smallest absolute Gasteiger partial charge is 0.356 e. The number of carboxylic acid groups (broad SMARTS) is 1. The van der Waals surface area contributed by atoms with Crippen LogP contribution in [0.3, 0.4) is 0 Å². The molecule has 84 valence electrons. The fraction of sp³-hybridized carbons (Fsp3) is 0.833. The summed E-state index contributed by atoms with van der Waals surface area (Å²) < 4.78 is 10.8. The van der Waals surface area contributed by atoms with E-state index in [9.17, 15) is 9.36 Å². The van der Waals surface area contributed by atoms with Crippen molar-refractivity contribution in [2.75, 3.05) is 6.54 Å². The van der Waals surface area contributed by atoms with Crippen molar-refractivity contribution < 1.29 is 24.3 Å². The van der Waals surface area contributed by atoms with Crippen LogP contribution in [0.2, 0.25) is 0 Å². The molecule has 0 saturated carbocycles. The zero-order chi connectivity index (χ0) is 11.4. The molecule has 7 nitrogen and oxygen atoms in total. The highest BCUT2D eigenvalue weighted by molar-refractivity contribution is 7.54. The molecule has 0 aliphatic heterocycles. The van der Waals surface area contributed by atoms with E-state index in [0.717, 1.165) is 0 Å². The van der Waals surface area contributed by atoms with Crippen LogP contribution in [0.25, 0.3) is 0 Å². The first-order valence-electron chi connectivity index (χ1n) is 4.03. The molecule has 0 fully saturated rings. The molecule has 0 rings (SSSR count). The molecule has 14 heavy (non-hydrogen) atoms. The molecule has 0 aliphatic carbocycles. The average molecular weight is 226 g/mol. The van der Waals surface area contributed by atoms with Crippen LogP contribution in [0.15, 0.2) is 0 Å². The third kappa shape index (κ3) is 3.04. The van der Waals surface area contributed by atoms with Crippen molar-refractivity contribution in [3.05, 3.63) is 0 Å². The number of aliphatic carboxylic acids is 1. The van der Waals surface area contributed by atoms with Crippen LogP contribution in [0, 0.1) is 0 Å². The third-order valence-electron chi connectivity index (χ3n) is 1.90. The van der Waals surface area contributed by atoms with Gasteiger partial charge in [-0.05, 0) is 25.8 Å². The zero-order valence-corrected chi connectivity index (χ0v) is 8.48. The summed E-state index contributed by atoms with van der Waals surface area (Å²) in [7, 11) is -4.85. The molecule has 0 radical (unpaired) electrons. The van der Waals surface area contributed by atoms with Crippen molar-refractivity contribution >= 4 is 13.6 Å². The molecular weight excluding hydrogens is 211 g/mol. The topological polar surface area (TPSA) is 147 Å². The Hall–Kier alpha value is -0.460. The van der Waals surface area contributed by atoms with Crippen LogP contribution in [0.5, 0.6) is 0 Å². The van der Waals surface area contributed by atoms with E-state index in [-0.39, 0.29) is 12.8 Å². The molecule has 0 saturated heterocycles. The maximum absolute atomic E-state index is 10.8. The van der Waals surface area contributed by atoms with E-state index in [4.69, 9.17) is 26.4 Å². The highest BCUT2D eigenvalue weighted by Crippen LogP contribution is 2.49. The highest BCUT2D eigenvalue weighted by atomic mass is 31.2. The van der Waals surface area contributed by atoms with Gasteiger partial charge in [-0.2, -0.15) is 0 Å². The second-order valence-electron chi connectivity index (χ2n) is 3.02. The molecular formula is C6H15N2O5P. The van der Waals surface area contributed by atoms with E-state index < -0.39 is 18.8 Å². The van der Waals surface area contributed by atoms with Crippen LogP contribution in [0.1, 0.15) is 19.3 Å². The van der Waals surface area contributed by atoms with Crippen LogP contribution in [-0.2, 0) is 9.36 Å². The van der Waals surface area contributed by atoms with E-state index in [1.165, 1.54) is 0 Å². The molecule has 0 aliphatic rings. The lowest BCUT2D eigenvalue weighted by Gasteiger charge is -2.25. The Balaban J connectivity index is 4.59. The summed E-state index contributed by atoms with van der Waals surface area (Å²) in [4.78, 5) is 28.2. The summed E-state index contributed by atoms with van der Waals surface area (Å²) in [6, 6.07) is 0. The van der Waals surface area contributed by atoms with E-state index >= 15 is 0 Å². The SMILES string of the molecule is NCCCC[C@](N)(C(=O)O)P(=O)(O)O. The number of carboxylic acids is 1. The average Bonchev–Trinajstić information content (AvgIpc) is 2.02. The lowest BCUT2D eigenvalue weighted by molar-refractivity contribution is -0.140. The first kappa shape index (κ1) is 13.5. The first-order valence-corrected chi connectivity index (χ1v) is 5.65. The van der Waals surface area contributed by atoms with Crippen LogP contribution < -0.4 is 11.5 Å². The number of hydrogen-bond donors (Lipinski definition) is 5. The molecule has 0 amide bonds. The van der Waals surface area contributed by atoms with Crippen molar-refractivity contribution in [2.45, 2.75) is 24.5 Å². The van der Waals surface area contributed by atoms with Crippen molar-refractivity contribution in [3.8, 4) is 0 Å². The molecule has 0 aromatic rings. The van der Waals surface area contributed by atoms with Gasteiger partial charge in [0, 0.05) is 0 Å². The molecule has 0 unspecified atom stereocenters. The highest BCUT2D eigenvalue weighted by Gasteiger charge is 2.49. The fourth-order valence-corrected chi connectivity index (χ4v) is 1.61. The van der Waals surface area contributed by atoms with Gasteiger partial charge in [-0.1, -0.05) is 0 Å². The Labute approximate surface area is 81.3 Å². The van der Waals surface area contributed by atoms with Crippen LogP contribution >= 0.6 is 7.60 Å². The zero-order valence-electron chi connectivity index (χ0n) is 7.59. The van der Waals surface area contributed by atoms with Gasteiger partial charge in [0.2, 0.25) is 5.28 Å². The third-order valence-corrected chi connectivity index (χ3v) is 3.36. The van der Waals surface area contributed by atoms with E-state index in [0.29, 0.717) is 13.0 Å². The second kappa shape index (κ2) is 4.86. The van der Waals surface area contributed by atoms with Crippen molar-refractivity contribution in [3.63, 3.8) is 0 Å². The van der Waals surface area contributed by atoms with Gasteiger partial charge < -0.3 is 26.4 Å². The van der Waals surface area contributed by atoms with Crippen molar-refractivity contribution in [2.24, 2.45) is 11.5 Å². The summed E-state index contributed by atoms with van der Waals surface area (Å²) in [5, 5.41) is 6.14. The lowest BCUT2D eigenvalue weighted by Crippen LogP contribution is -2.47. The molecule has 0 heterocycles. The van der Waals surface area contributed by atoms with Gasteiger partial charge >= 0.3 is 13.6 Å². The number of hydrogen-bond acceptors (Lipinski definition) is 4. The Morgan fingerprint density at radius 2 is 1.86 bits per heavy atom. The summed E-state index contributed by atoms with van der Waals surface area (Å²) in [5.41, 5.74) is 10.3. The van der Waals surface area contributed by atoms with Gasteiger partial charge in [-0.25, -0.2) is 4.79 Å². The first-order chi connectivity index (χ1) is 6.25. The Kier molecular flexibility index (Phi) is 4.70. The normalized spacial score (nSPS) is 16.3. The van der Waals surface area contributed by atoms with Crippen molar-refractivity contribution in [1.82, 2.24) is 0 Å². The van der Waals surface area contributed by atoms with E-state index in [1.54, 1.807) is 0 Å².